The molecule has 0 aromatic carbocycles. The van der Waals surface area contributed by atoms with E-state index in [0.717, 1.165) is 0 Å². The van der Waals surface area contributed by atoms with E-state index in [0.29, 0.717) is 34.7 Å². The topological polar surface area (TPSA) is 119 Å². The number of rotatable bonds is 5. The summed E-state index contributed by atoms with van der Waals surface area (Å²) in [6, 6.07) is 1.63. The highest BCUT2D eigenvalue weighted by molar-refractivity contribution is 9.10. The third-order valence-electron chi connectivity index (χ3n) is 2.27. The molecule has 4 N–H and O–H groups in total. The number of aromatic nitrogens is 3. The lowest BCUT2D eigenvalue weighted by molar-refractivity contribution is 0.0954. The molecule has 0 unspecified atom stereocenters. The van der Waals surface area contributed by atoms with Crippen LogP contribution in [0.1, 0.15) is 16.2 Å². The van der Waals surface area contributed by atoms with Crippen LogP contribution in [0.3, 0.4) is 0 Å². The van der Waals surface area contributed by atoms with Gasteiger partial charge in [0.05, 0.1) is 5.56 Å². The zero-order chi connectivity index (χ0) is 13.7. The van der Waals surface area contributed by atoms with Crippen LogP contribution in [0, 0.1) is 0 Å². The highest BCUT2D eigenvalue weighted by atomic mass is 79.9. The number of pyridine rings is 1. The van der Waals surface area contributed by atoms with Gasteiger partial charge in [-0.05, 0) is 22.0 Å². The SMILES string of the molecule is NNc1ncc(Br)cc1C(=O)NCCc1ncno1. The van der Waals surface area contributed by atoms with Crippen molar-refractivity contribution in [1.82, 2.24) is 20.4 Å². The molecule has 0 aliphatic rings. The Kier molecular flexibility index (Phi) is 4.42. The smallest absolute Gasteiger partial charge is 0.255 e. The molecule has 9 heteroatoms. The first-order valence-electron chi connectivity index (χ1n) is 5.36. The van der Waals surface area contributed by atoms with Gasteiger partial charge in [-0.1, -0.05) is 5.16 Å². The molecule has 2 rings (SSSR count). The van der Waals surface area contributed by atoms with E-state index >= 15 is 0 Å². The molecule has 0 aliphatic carbocycles. The summed E-state index contributed by atoms with van der Waals surface area (Å²) in [5.74, 6) is 5.78. The molecule has 0 spiro atoms. The molecule has 2 heterocycles. The molecule has 0 atom stereocenters. The molecular formula is C10H11BrN6O2. The Balaban J connectivity index is 1.97. The maximum Gasteiger partial charge on any atom is 0.255 e. The van der Waals surface area contributed by atoms with Gasteiger partial charge in [0.1, 0.15) is 0 Å². The van der Waals surface area contributed by atoms with Gasteiger partial charge >= 0.3 is 0 Å². The van der Waals surface area contributed by atoms with Crippen molar-refractivity contribution < 1.29 is 9.32 Å². The van der Waals surface area contributed by atoms with Crippen LogP contribution in [0.2, 0.25) is 0 Å². The fourth-order valence-corrected chi connectivity index (χ4v) is 1.74. The van der Waals surface area contributed by atoms with E-state index in [1.165, 1.54) is 6.33 Å². The summed E-state index contributed by atoms with van der Waals surface area (Å²) >= 11 is 3.25. The molecule has 0 saturated carbocycles. The first kappa shape index (κ1) is 13.4. The fraction of sp³-hybridized carbons (Fsp3) is 0.200. The van der Waals surface area contributed by atoms with Gasteiger partial charge in [-0.3, -0.25) is 4.79 Å². The fourth-order valence-electron chi connectivity index (χ4n) is 1.41. The molecule has 0 saturated heterocycles. The van der Waals surface area contributed by atoms with Crippen molar-refractivity contribution in [2.24, 2.45) is 5.84 Å². The third kappa shape index (κ3) is 3.48. The van der Waals surface area contributed by atoms with Crippen molar-refractivity contribution in [2.75, 3.05) is 12.0 Å². The lowest BCUT2D eigenvalue weighted by Crippen LogP contribution is -2.27. The first-order valence-corrected chi connectivity index (χ1v) is 6.16. The second-order valence-corrected chi connectivity index (χ2v) is 4.45. The number of hydrogen-bond acceptors (Lipinski definition) is 7. The number of carbonyl (C=O) groups excluding carboxylic acids is 1. The van der Waals surface area contributed by atoms with Gasteiger partial charge in [0.2, 0.25) is 5.89 Å². The van der Waals surface area contributed by atoms with Crippen molar-refractivity contribution in [3.8, 4) is 0 Å². The van der Waals surface area contributed by atoms with Gasteiger partial charge in [0.25, 0.3) is 5.91 Å². The molecular weight excluding hydrogens is 316 g/mol. The monoisotopic (exact) mass is 326 g/mol. The van der Waals surface area contributed by atoms with Crippen molar-refractivity contribution >= 4 is 27.7 Å². The van der Waals surface area contributed by atoms with Crippen molar-refractivity contribution in [3.63, 3.8) is 0 Å². The first-order chi connectivity index (χ1) is 9.20. The molecule has 1 amide bonds. The summed E-state index contributed by atoms with van der Waals surface area (Å²) in [5.41, 5.74) is 2.72. The lowest BCUT2D eigenvalue weighted by Gasteiger charge is -2.08. The van der Waals surface area contributed by atoms with Gasteiger partial charge in [-0.15, -0.1) is 0 Å². The molecule has 0 fully saturated rings. The molecule has 2 aromatic heterocycles. The van der Waals surface area contributed by atoms with E-state index in [1.807, 2.05) is 0 Å². The van der Waals surface area contributed by atoms with Crippen LogP contribution in [0.25, 0.3) is 0 Å². The van der Waals surface area contributed by atoms with Crippen LogP contribution in [0.5, 0.6) is 0 Å². The van der Waals surface area contributed by atoms with Crippen molar-refractivity contribution in [1.29, 1.82) is 0 Å². The Morgan fingerprint density at radius 3 is 3.00 bits per heavy atom. The van der Waals surface area contributed by atoms with Gasteiger partial charge < -0.3 is 15.3 Å². The zero-order valence-electron chi connectivity index (χ0n) is 9.76. The van der Waals surface area contributed by atoms with Crippen LogP contribution in [-0.4, -0.2) is 27.6 Å². The largest absolute Gasteiger partial charge is 0.351 e. The summed E-state index contributed by atoms with van der Waals surface area (Å²) in [7, 11) is 0. The second kappa shape index (κ2) is 6.25. The summed E-state index contributed by atoms with van der Waals surface area (Å²) < 4.78 is 5.51. The van der Waals surface area contributed by atoms with Crippen molar-refractivity contribution in [3.05, 3.63) is 34.5 Å². The standard InChI is InChI=1S/C10H11BrN6O2/c11-6-3-7(9(17-12)14-4-6)10(18)13-2-1-8-15-5-16-19-8/h3-5H,1-2,12H2,(H,13,18)(H,14,17). The maximum atomic E-state index is 12.0. The third-order valence-corrected chi connectivity index (χ3v) is 2.70. The van der Waals surface area contributed by atoms with Gasteiger partial charge in [0, 0.05) is 23.6 Å². The molecule has 0 aliphatic heterocycles. The number of nitrogens with one attached hydrogen (secondary N) is 2. The number of nitrogens with zero attached hydrogens (tertiary/aromatic N) is 3. The quantitative estimate of drug-likeness (QED) is 0.540. The predicted octanol–water partition coefficient (Wildman–Crippen LogP) is 0.485. The summed E-state index contributed by atoms with van der Waals surface area (Å²) in [5, 5.41) is 6.19. The van der Waals surface area contributed by atoms with E-state index < -0.39 is 0 Å². The number of amides is 1. The highest BCUT2D eigenvalue weighted by Crippen LogP contribution is 2.16. The Morgan fingerprint density at radius 1 is 1.47 bits per heavy atom. The molecule has 0 bridgehead atoms. The maximum absolute atomic E-state index is 12.0. The van der Waals surface area contributed by atoms with E-state index in [1.54, 1.807) is 12.3 Å². The number of hydrazine groups is 1. The van der Waals surface area contributed by atoms with Crippen LogP contribution in [0.4, 0.5) is 5.82 Å². The minimum Gasteiger partial charge on any atom is -0.351 e. The van der Waals surface area contributed by atoms with Gasteiger partial charge in [-0.25, -0.2) is 10.8 Å². The zero-order valence-corrected chi connectivity index (χ0v) is 11.3. The summed E-state index contributed by atoms with van der Waals surface area (Å²) in [6.45, 7) is 0.373. The number of carbonyl (C=O) groups is 1. The van der Waals surface area contributed by atoms with Crippen molar-refractivity contribution in [2.45, 2.75) is 6.42 Å². The van der Waals surface area contributed by atoms with E-state index in [-0.39, 0.29) is 5.91 Å². The Bertz CT molecular complexity index is 559. The second-order valence-electron chi connectivity index (χ2n) is 3.53. The average Bonchev–Trinajstić information content (AvgIpc) is 2.91. The van der Waals surface area contributed by atoms with E-state index in [4.69, 9.17) is 10.4 Å². The minimum atomic E-state index is -0.290. The highest BCUT2D eigenvalue weighted by Gasteiger charge is 2.12. The van der Waals surface area contributed by atoms with Gasteiger partial charge in [-0.2, -0.15) is 4.98 Å². The van der Waals surface area contributed by atoms with E-state index in [9.17, 15) is 4.79 Å². The average molecular weight is 327 g/mol. The molecule has 2 aromatic rings. The van der Waals surface area contributed by atoms with Crippen LogP contribution >= 0.6 is 15.9 Å². The number of anilines is 1. The minimum absolute atomic E-state index is 0.290. The Hall–Kier alpha value is -2.00. The number of halogens is 1. The molecule has 100 valence electrons. The van der Waals surface area contributed by atoms with Crippen LogP contribution < -0.4 is 16.6 Å². The molecule has 19 heavy (non-hydrogen) atoms. The Labute approximate surface area is 116 Å². The van der Waals surface area contributed by atoms with Crippen LogP contribution in [0.15, 0.2) is 27.6 Å². The van der Waals surface area contributed by atoms with Gasteiger partial charge in [0.15, 0.2) is 12.1 Å². The van der Waals surface area contributed by atoms with Crippen LogP contribution in [-0.2, 0) is 6.42 Å². The number of nitrogens with two attached hydrogens (primary N) is 1. The molecule has 8 nitrogen and oxygen atoms in total. The van der Waals surface area contributed by atoms with E-state index in [2.05, 4.69) is 41.8 Å². The Morgan fingerprint density at radius 2 is 2.32 bits per heavy atom. The summed E-state index contributed by atoms with van der Waals surface area (Å²) in [4.78, 5) is 19.8. The number of hydrogen-bond donors (Lipinski definition) is 3. The number of nitrogen functional groups attached to an aromatic ring is 1. The molecule has 0 radical (unpaired) electrons. The lowest BCUT2D eigenvalue weighted by atomic mass is 10.2. The summed E-state index contributed by atoms with van der Waals surface area (Å²) in [6.07, 6.45) is 3.31. The normalized spacial score (nSPS) is 10.2. The predicted molar refractivity (Wildman–Crippen MR) is 70.1 cm³/mol.